The van der Waals surface area contributed by atoms with Crippen LogP contribution in [0.2, 0.25) is 0 Å². The summed E-state index contributed by atoms with van der Waals surface area (Å²) in [6, 6.07) is 6.28. The summed E-state index contributed by atoms with van der Waals surface area (Å²) >= 11 is 0. The van der Waals surface area contributed by atoms with Crippen molar-refractivity contribution in [1.29, 1.82) is 0 Å². The first-order valence-electron chi connectivity index (χ1n) is 17.9. The van der Waals surface area contributed by atoms with Gasteiger partial charge in [-0.2, -0.15) is 0 Å². The number of nitrogens with zero attached hydrogens (tertiary/aromatic N) is 3. The van der Waals surface area contributed by atoms with Crippen LogP contribution in [0.15, 0.2) is 35.6 Å². The molecule has 1 aromatic carbocycles. The number of amides is 2. The molecule has 256 valence electrons. The highest BCUT2D eigenvalue weighted by Gasteiger charge is 2.78. The van der Waals surface area contributed by atoms with E-state index in [0.29, 0.717) is 36.0 Å². The molecule has 7 aliphatic rings. The van der Waals surface area contributed by atoms with Gasteiger partial charge in [-0.15, -0.1) is 0 Å². The largest absolute Gasteiger partial charge is 0.501 e. The monoisotopic (exact) mass is 674 g/mol. The predicted molar refractivity (Wildman–Crippen MR) is 182 cm³/mol. The Labute approximate surface area is 282 Å². The van der Waals surface area contributed by atoms with Crippen molar-refractivity contribution in [3.05, 3.63) is 52.4 Å². The molecular weight excluding hydrogens is 628 g/mol. The second-order valence-corrected chi connectivity index (χ2v) is 17.3. The molecule has 3 aliphatic heterocycles. The van der Waals surface area contributed by atoms with Gasteiger partial charge in [0, 0.05) is 54.7 Å². The van der Waals surface area contributed by atoms with Crippen molar-refractivity contribution >= 4 is 38.3 Å². The Bertz CT molecular complexity index is 1920. The average Bonchev–Trinajstić information content (AvgIpc) is 3.74. The number of aromatic nitrogens is 1. The van der Waals surface area contributed by atoms with Gasteiger partial charge in [-0.1, -0.05) is 25.3 Å². The molecular formula is C37H46N4O6S. The van der Waals surface area contributed by atoms with Crippen molar-refractivity contribution in [1.82, 2.24) is 19.1 Å². The summed E-state index contributed by atoms with van der Waals surface area (Å²) in [4.78, 5) is 33.1. The highest BCUT2D eigenvalue weighted by atomic mass is 32.2. The zero-order chi connectivity index (χ0) is 33.2. The number of likely N-dealkylation sites (tertiary alicyclic amines) is 2. The third-order valence-electron chi connectivity index (χ3n) is 13.4. The van der Waals surface area contributed by atoms with Gasteiger partial charge in [0.1, 0.15) is 0 Å². The van der Waals surface area contributed by atoms with Gasteiger partial charge in [0.25, 0.3) is 5.91 Å². The van der Waals surface area contributed by atoms with Gasteiger partial charge in [-0.3, -0.25) is 14.5 Å². The highest BCUT2D eigenvalue weighted by Crippen LogP contribution is 2.68. The number of hydrogen-bond donors (Lipinski definition) is 1. The zero-order valence-corrected chi connectivity index (χ0v) is 29.0. The third kappa shape index (κ3) is 4.13. The molecule has 48 heavy (non-hydrogen) atoms. The molecule has 11 heteroatoms. The molecule has 10 nitrogen and oxygen atoms in total. The number of fused-ring (bicyclic) bond motifs is 6. The molecule has 4 heterocycles. The summed E-state index contributed by atoms with van der Waals surface area (Å²) in [5, 5.41) is 1.12. The van der Waals surface area contributed by atoms with Crippen molar-refractivity contribution in [2.24, 2.45) is 11.3 Å². The fraction of sp³-hybridized carbons (Fsp3) is 0.622. The van der Waals surface area contributed by atoms with E-state index < -0.39 is 21.3 Å². The SMILES string of the molecule is COCCS(=O)(=O)NC(=O)c1ccc2c(C3CCCCC3)c3n(c2c1)CC1(C(=O)N2C4CCC45C2CN5C)CC1C1=C3CCC(OC)=C1. The molecule has 2 saturated heterocycles. The lowest BCUT2D eigenvalue weighted by atomic mass is 9.52. The van der Waals surface area contributed by atoms with Crippen LogP contribution in [-0.4, -0.2) is 92.4 Å². The summed E-state index contributed by atoms with van der Waals surface area (Å²) in [5.41, 5.74) is 6.03. The molecule has 2 aromatic rings. The number of sulfonamides is 1. The van der Waals surface area contributed by atoms with Crippen molar-refractivity contribution in [3.63, 3.8) is 0 Å². The number of ether oxygens (including phenoxy) is 2. The number of rotatable bonds is 8. The minimum absolute atomic E-state index is 0.00268. The minimum Gasteiger partial charge on any atom is -0.501 e. The van der Waals surface area contributed by atoms with Crippen LogP contribution in [0.5, 0.6) is 0 Å². The quantitative estimate of drug-likeness (QED) is 0.438. The highest BCUT2D eigenvalue weighted by molar-refractivity contribution is 7.90. The molecule has 5 unspecified atom stereocenters. The number of likely N-dealkylation sites (N-methyl/N-ethyl adjacent to an activating group) is 1. The Hall–Kier alpha value is -3.15. The van der Waals surface area contributed by atoms with E-state index in [1.807, 2.05) is 12.1 Å². The Balaban J connectivity index is 1.19. The Morgan fingerprint density at radius 3 is 2.56 bits per heavy atom. The molecule has 3 saturated carbocycles. The van der Waals surface area contributed by atoms with Crippen LogP contribution in [0.3, 0.4) is 0 Å². The molecule has 1 spiro atoms. The van der Waals surface area contributed by atoms with Crippen LogP contribution < -0.4 is 4.72 Å². The van der Waals surface area contributed by atoms with Gasteiger partial charge in [-0.25, -0.2) is 13.1 Å². The lowest BCUT2D eigenvalue weighted by Crippen LogP contribution is -2.96. The summed E-state index contributed by atoms with van der Waals surface area (Å²) < 4.78 is 40.7. The number of piperazine rings is 1. The van der Waals surface area contributed by atoms with Crippen LogP contribution in [-0.2, 0) is 30.8 Å². The maximum atomic E-state index is 15.0. The second kappa shape index (κ2) is 10.7. The molecule has 1 aromatic heterocycles. The first-order valence-corrected chi connectivity index (χ1v) is 19.5. The maximum absolute atomic E-state index is 15.0. The van der Waals surface area contributed by atoms with E-state index in [9.17, 15) is 18.0 Å². The molecule has 0 bridgehead atoms. The van der Waals surface area contributed by atoms with Gasteiger partial charge < -0.3 is 18.9 Å². The Kier molecular flexibility index (Phi) is 6.87. The van der Waals surface area contributed by atoms with Gasteiger partial charge in [0.15, 0.2) is 0 Å². The smallest absolute Gasteiger partial charge is 0.264 e. The zero-order valence-electron chi connectivity index (χ0n) is 28.2. The molecule has 0 radical (unpaired) electrons. The lowest BCUT2D eigenvalue weighted by molar-refractivity contribution is -0.278. The molecule has 4 aliphatic carbocycles. The molecule has 2 amide bonds. The van der Waals surface area contributed by atoms with E-state index in [1.54, 1.807) is 13.2 Å². The first kappa shape index (κ1) is 30.9. The number of methoxy groups -OCH3 is 2. The normalized spacial score (nSPS) is 32.3. The lowest BCUT2D eigenvalue weighted by Gasteiger charge is -2.80. The van der Waals surface area contributed by atoms with Crippen LogP contribution in [0.25, 0.3) is 16.5 Å². The number of carbonyl (C=O) groups excluding carboxylic acids is 2. The molecule has 1 N–H and O–H groups in total. The fourth-order valence-electron chi connectivity index (χ4n) is 10.7. The van der Waals surface area contributed by atoms with Crippen molar-refractivity contribution in [2.45, 2.75) is 94.3 Å². The standard InChI is InChI=1S/C37H46N4O6S/c1-39-20-31-37(39)14-13-30(37)41(31)35(43)36-19-28(36)27-18-24(47-3)10-12-25(27)33-32(22-7-5-4-6-8-22)26-11-9-23(17-29(26)40(33)21-36)34(42)38-48(44,45)16-15-46-2/h9,11,17-18,22,28,30-31H,4-8,10,12-16,19-21H2,1-3H3,(H,38,42). The van der Waals surface area contributed by atoms with Crippen LogP contribution >= 0.6 is 0 Å². The number of nitrogens with one attached hydrogen (secondary N) is 1. The van der Waals surface area contributed by atoms with Crippen LogP contribution in [0.1, 0.15) is 91.7 Å². The first-order chi connectivity index (χ1) is 23.1. The summed E-state index contributed by atoms with van der Waals surface area (Å²) in [6.07, 6.45) is 12.8. The third-order valence-corrected chi connectivity index (χ3v) is 14.6. The number of benzene rings is 1. The topological polar surface area (TPSA) is 110 Å². The van der Waals surface area contributed by atoms with E-state index in [-0.39, 0.29) is 23.8 Å². The Morgan fingerprint density at radius 1 is 1.06 bits per heavy atom. The van der Waals surface area contributed by atoms with Gasteiger partial charge in [0.2, 0.25) is 15.9 Å². The number of piperidine rings is 1. The van der Waals surface area contributed by atoms with E-state index in [1.165, 1.54) is 55.2 Å². The van der Waals surface area contributed by atoms with E-state index >= 15 is 0 Å². The Morgan fingerprint density at radius 2 is 1.88 bits per heavy atom. The summed E-state index contributed by atoms with van der Waals surface area (Å²) in [5.74, 6) is 0.854. The number of allylic oxidation sites excluding steroid dienone is 4. The van der Waals surface area contributed by atoms with Gasteiger partial charge >= 0.3 is 0 Å². The number of hydrogen-bond acceptors (Lipinski definition) is 7. The predicted octanol–water partition coefficient (Wildman–Crippen LogP) is 4.55. The summed E-state index contributed by atoms with van der Waals surface area (Å²) in [7, 11) is 1.52. The van der Waals surface area contributed by atoms with E-state index in [0.717, 1.165) is 61.7 Å². The molecule has 9 rings (SSSR count). The van der Waals surface area contributed by atoms with E-state index in [2.05, 4.69) is 32.2 Å². The fourth-order valence-corrected chi connectivity index (χ4v) is 11.6. The molecule has 5 atom stereocenters. The summed E-state index contributed by atoms with van der Waals surface area (Å²) in [6.45, 7) is 1.51. The van der Waals surface area contributed by atoms with Crippen LogP contribution in [0.4, 0.5) is 0 Å². The van der Waals surface area contributed by atoms with E-state index in [4.69, 9.17) is 9.47 Å². The maximum Gasteiger partial charge on any atom is 0.264 e. The average molecular weight is 675 g/mol. The van der Waals surface area contributed by atoms with Gasteiger partial charge in [0.05, 0.1) is 48.3 Å². The van der Waals surface area contributed by atoms with Crippen molar-refractivity contribution < 1.29 is 27.5 Å². The van der Waals surface area contributed by atoms with Crippen LogP contribution in [0, 0.1) is 11.3 Å². The number of carbonyl (C=O) groups is 2. The second-order valence-electron chi connectivity index (χ2n) is 15.5. The van der Waals surface area contributed by atoms with Gasteiger partial charge in [-0.05, 0) is 86.4 Å². The van der Waals surface area contributed by atoms with Crippen molar-refractivity contribution in [3.8, 4) is 0 Å². The molecule has 5 fully saturated rings. The van der Waals surface area contributed by atoms with Crippen molar-refractivity contribution in [2.75, 3.05) is 40.2 Å². The minimum atomic E-state index is -3.86.